The summed E-state index contributed by atoms with van der Waals surface area (Å²) in [5.74, 6) is 0.664. The SMILES string of the molecule is CCCCCOC1CC(c2ccccc2)CCC1NCC. The van der Waals surface area contributed by atoms with E-state index in [9.17, 15) is 0 Å². The van der Waals surface area contributed by atoms with E-state index >= 15 is 0 Å². The van der Waals surface area contributed by atoms with Gasteiger partial charge in [-0.15, -0.1) is 0 Å². The molecule has 21 heavy (non-hydrogen) atoms. The van der Waals surface area contributed by atoms with E-state index in [2.05, 4.69) is 49.5 Å². The van der Waals surface area contributed by atoms with Crippen LogP contribution in [-0.4, -0.2) is 25.3 Å². The molecule has 0 radical (unpaired) electrons. The van der Waals surface area contributed by atoms with Crippen LogP contribution in [-0.2, 0) is 4.74 Å². The van der Waals surface area contributed by atoms with Gasteiger partial charge in [0.2, 0.25) is 0 Å². The van der Waals surface area contributed by atoms with Crippen molar-refractivity contribution in [2.45, 2.75) is 70.4 Å². The predicted molar refractivity (Wildman–Crippen MR) is 89.8 cm³/mol. The Balaban J connectivity index is 1.91. The van der Waals surface area contributed by atoms with Crippen molar-refractivity contribution in [2.24, 2.45) is 0 Å². The summed E-state index contributed by atoms with van der Waals surface area (Å²) in [6, 6.07) is 11.5. The Morgan fingerprint density at radius 1 is 1.10 bits per heavy atom. The van der Waals surface area contributed by atoms with Gasteiger partial charge in [-0.3, -0.25) is 0 Å². The molecule has 0 aromatic heterocycles. The Bertz CT molecular complexity index is 378. The fraction of sp³-hybridized carbons (Fsp3) is 0.684. The average molecular weight is 289 g/mol. The third-order valence-corrected chi connectivity index (χ3v) is 4.61. The summed E-state index contributed by atoms with van der Waals surface area (Å²) in [6.45, 7) is 6.39. The smallest absolute Gasteiger partial charge is 0.0733 e. The van der Waals surface area contributed by atoms with Crippen molar-refractivity contribution in [3.05, 3.63) is 35.9 Å². The van der Waals surface area contributed by atoms with Gasteiger partial charge in [0.1, 0.15) is 0 Å². The summed E-state index contributed by atoms with van der Waals surface area (Å²) in [7, 11) is 0. The second-order valence-corrected chi connectivity index (χ2v) is 6.20. The molecule has 1 saturated carbocycles. The fourth-order valence-electron chi connectivity index (χ4n) is 3.42. The van der Waals surface area contributed by atoms with Crippen LogP contribution in [0.1, 0.15) is 63.9 Å². The van der Waals surface area contributed by atoms with Crippen molar-refractivity contribution in [1.82, 2.24) is 5.32 Å². The molecular weight excluding hydrogens is 258 g/mol. The lowest BCUT2D eigenvalue weighted by Gasteiger charge is -2.36. The molecule has 0 heterocycles. The lowest BCUT2D eigenvalue weighted by molar-refractivity contribution is -0.00161. The maximum Gasteiger partial charge on any atom is 0.0733 e. The normalized spacial score (nSPS) is 25.9. The quantitative estimate of drug-likeness (QED) is 0.711. The molecule has 1 fully saturated rings. The van der Waals surface area contributed by atoms with E-state index in [1.165, 1.54) is 37.7 Å². The first kappa shape index (κ1) is 16.5. The molecule has 2 nitrogen and oxygen atoms in total. The predicted octanol–water partition coefficient (Wildman–Crippen LogP) is 4.51. The molecule has 0 saturated heterocycles. The van der Waals surface area contributed by atoms with Gasteiger partial charge in [-0.2, -0.15) is 0 Å². The van der Waals surface area contributed by atoms with Crippen LogP contribution >= 0.6 is 0 Å². The second-order valence-electron chi connectivity index (χ2n) is 6.20. The Labute approximate surface area is 130 Å². The van der Waals surface area contributed by atoms with Crippen molar-refractivity contribution in [3.63, 3.8) is 0 Å². The molecule has 3 atom stereocenters. The summed E-state index contributed by atoms with van der Waals surface area (Å²) in [5, 5.41) is 3.62. The number of hydrogen-bond acceptors (Lipinski definition) is 2. The highest BCUT2D eigenvalue weighted by atomic mass is 16.5. The first-order valence-corrected chi connectivity index (χ1v) is 8.75. The zero-order valence-corrected chi connectivity index (χ0v) is 13.7. The highest BCUT2D eigenvalue weighted by Gasteiger charge is 2.31. The molecular formula is C19H31NO. The highest BCUT2D eigenvalue weighted by molar-refractivity contribution is 5.20. The van der Waals surface area contributed by atoms with E-state index in [0.717, 1.165) is 19.6 Å². The molecule has 0 amide bonds. The van der Waals surface area contributed by atoms with Gasteiger partial charge in [-0.05, 0) is 43.7 Å². The first-order valence-electron chi connectivity index (χ1n) is 8.75. The van der Waals surface area contributed by atoms with Crippen molar-refractivity contribution in [2.75, 3.05) is 13.2 Å². The number of likely N-dealkylation sites (N-methyl/N-ethyl adjacent to an activating group) is 1. The van der Waals surface area contributed by atoms with E-state index < -0.39 is 0 Å². The van der Waals surface area contributed by atoms with Gasteiger partial charge in [-0.25, -0.2) is 0 Å². The van der Waals surface area contributed by atoms with Crippen LogP contribution < -0.4 is 5.32 Å². The third kappa shape index (κ3) is 5.12. The van der Waals surface area contributed by atoms with Crippen molar-refractivity contribution in [1.29, 1.82) is 0 Å². The number of unbranched alkanes of at least 4 members (excludes halogenated alkanes) is 2. The summed E-state index contributed by atoms with van der Waals surface area (Å²) in [4.78, 5) is 0. The van der Waals surface area contributed by atoms with Gasteiger partial charge < -0.3 is 10.1 Å². The largest absolute Gasteiger partial charge is 0.377 e. The van der Waals surface area contributed by atoms with Crippen LogP contribution in [0, 0.1) is 0 Å². The Morgan fingerprint density at radius 3 is 2.62 bits per heavy atom. The van der Waals surface area contributed by atoms with Crippen molar-refractivity contribution in [3.8, 4) is 0 Å². The number of ether oxygens (including phenoxy) is 1. The minimum absolute atomic E-state index is 0.376. The molecule has 1 aromatic rings. The molecule has 0 spiro atoms. The molecule has 2 rings (SSSR count). The third-order valence-electron chi connectivity index (χ3n) is 4.61. The molecule has 1 aromatic carbocycles. The summed E-state index contributed by atoms with van der Waals surface area (Å²) in [5.41, 5.74) is 1.48. The molecule has 3 unspecified atom stereocenters. The highest BCUT2D eigenvalue weighted by Crippen LogP contribution is 2.34. The zero-order chi connectivity index (χ0) is 14.9. The Morgan fingerprint density at radius 2 is 1.90 bits per heavy atom. The Kier molecular flexibility index (Phi) is 7.25. The fourth-order valence-corrected chi connectivity index (χ4v) is 3.42. The molecule has 2 heteroatoms. The molecule has 1 aliphatic carbocycles. The number of rotatable bonds is 8. The van der Waals surface area contributed by atoms with Gasteiger partial charge >= 0.3 is 0 Å². The van der Waals surface area contributed by atoms with Gasteiger partial charge in [0.05, 0.1) is 6.10 Å². The maximum absolute atomic E-state index is 6.24. The second kappa shape index (κ2) is 9.22. The van der Waals surface area contributed by atoms with E-state index in [4.69, 9.17) is 4.74 Å². The lowest BCUT2D eigenvalue weighted by atomic mass is 9.80. The van der Waals surface area contributed by atoms with Crippen LogP contribution in [0.15, 0.2) is 30.3 Å². The van der Waals surface area contributed by atoms with Crippen LogP contribution in [0.3, 0.4) is 0 Å². The molecule has 0 bridgehead atoms. The maximum atomic E-state index is 6.24. The van der Waals surface area contributed by atoms with Gasteiger partial charge in [0.25, 0.3) is 0 Å². The summed E-state index contributed by atoms with van der Waals surface area (Å²) >= 11 is 0. The van der Waals surface area contributed by atoms with E-state index in [0.29, 0.717) is 18.1 Å². The minimum atomic E-state index is 0.376. The van der Waals surface area contributed by atoms with Crippen molar-refractivity contribution < 1.29 is 4.74 Å². The first-order chi connectivity index (χ1) is 10.3. The monoisotopic (exact) mass is 289 g/mol. The molecule has 0 aliphatic heterocycles. The van der Waals surface area contributed by atoms with E-state index in [1.807, 2.05) is 0 Å². The van der Waals surface area contributed by atoms with Crippen molar-refractivity contribution >= 4 is 0 Å². The van der Waals surface area contributed by atoms with E-state index in [-0.39, 0.29) is 0 Å². The lowest BCUT2D eigenvalue weighted by Crippen LogP contribution is -2.45. The van der Waals surface area contributed by atoms with Crippen LogP contribution in [0.5, 0.6) is 0 Å². The topological polar surface area (TPSA) is 21.3 Å². The van der Waals surface area contributed by atoms with Gasteiger partial charge in [0.15, 0.2) is 0 Å². The average Bonchev–Trinajstić information content (AvgIpc) is 2.54. The molecule has 118 valence electrons. The summed E-state index contributed by atoms with van der Waals surface area (Å²) in [6.07, 6.45) is 7.77. The molecule has 1 N–H and O–H groups in total. The molecule has 1 aliphatic rings. The van der Waals surface area contributed by atoms with Gasteiger partial charge in [-0.1, -0.05) is 57.0 Å². The Hall–Kier alpha value is -0.860. The summed E-state index contributed by atoms with van der Waals surface area (Å²) < 4.78 is 6.24. The van der Waals surface area contributed by atoms with Crippen LogP contribution in [0.25, 0.3) is 0 Å². The number of hydrogen-bond donors (Lipinski definition) is 1. The van der Waals surface area contributed by atoms with E-state index in [1.54, 1.807) is 0 Å². The van der Waals surface area contributed by atoms with Crippen LogP contribution in [0.4, 0.5) is 0 Å². The number of nitrogens with one attached hydrogen (secondary N) is 1. The minimum Gasteiger partial charge on any atom is -0.377 e. The number of benzene rings is 1. The standard InChI is InChI=1S/C19H31NO/c1-3-5-9-14-21-19-15-17(12-13-18(19)20-4-2)16-10-7-6-8-11-16/h6-8,10-11,17-20H,3-5,9,12-15H2,1-2H3. The van der Waals surface area contributed by atoms with Crippen LogP contribution in [0.2, 0.25) is 0 Å². The zero-order valence-electron chi connectivity index (χ0n) is 13.7. The van der Waals surface area contributed by atoms with Gasteiger partial charge in [0, 0.05) is 12.6 Å².